The number of aromatic amines is 1. The largest absolute Gasteiger partial charge is 0.497 e. The molecular weight excluding hydrogens is 202 g/mol. The molecule has 0 radical (unpaired) electrons. The highest BCUT2D eigenvalue weighted by Crippen LogP contribution is 2.35. The van der Waals surface area contributed by atoms with E-state index in [-0.39, 0.29) is 11.7 Å². The van der Waals surface area contributed by atoms with E-state index < -0.39 is 0 Å². The van der Waals surface area contributed by atoms with Gasteiger partial charge in [-0.15, -0.1) is 0 Å². The SMILES string of the molecule is COc1ccc2[nH]cc(C(=O)C3CC3)c2c1. The minimum absolute atomic E-state index is 0.255. The van der Waals surface area contributed by atoms with Crippen molar-refractivity contribution in [1.29, 1.82) is 0 Å². The third-order valence-electron chi connectivity index (χ3n) is 3.10. The standard InChI is InChI=1S/C13H13NO2/c1-16-9-4-5-12-10(6-9)11(7-14-12)13(15)8-2-3-8/h4-8,14H,2-3H2,1H3. The molecule has 3 rings (SSSR count). The van der Waals surface area contributed by atoms with Gasteiger partial charge in [0.1, 0.15) is 5.75 Å². The molecule has 0 aliphatic heterocycles. The minimum atomic E-state index is 0.255. The van der Waals surface area contributed by atoms with Crippen molar-refractivity contribution in [2.45, 2.75) is 12.8 Å². The molecule has 0 amide bonds. The topological polar surface area (TPSA) is 42.1 Å². The van der Waals surface area contributed by atoms with Crippen LogP contribution in [0.5, 0.6) is 5.75 Å². The molecule has 82 valence electrons. The van der Waals surface area contributed by atoms with Crippen LogP contribution in [0.4, 0.5) is 0 Å². The second kappa shape index (κ2) is 3.37. The molecule has 0 spiro atoms. The minimum Gasteiger partial charge on any atom is -0.497 e. The van der Waals surface area contributed by atoms with E-state index in [1.165, 1.54) is 0 Å². The molecule has 0 saturated heterocycles. The molecule has 1 aromatic heterocycles. The lowest BCUT2D eigenvalue weighted by Crippen LogP contribution is -1.99. The zero-order valence-corrected chi connectivity index (χ0v) is 9.12. The molecule has 2 aromatic rings. The molecule has 1 aliphatic rings. The van der Waals surface area contributed by atoms with Gasteiger partial charge in [0.05, 0.1) is 7.11 Å². The first kappa shape index (κ1) is 9.46. The van der Waals surface area contributed by atoms with Gasteiger partial charge < -0.3 is 9.72 Å². The van der Waals surface area contributed by atoms with Crippen molar-refractivity contribution in [1.82, 2.24) is 4.98 Å². The summed E-state index contributed by atoms with van der Waals surface area (Å²) in [6, 6.07) is 5.75. The number of ether oxygens (including phenoxy) is 1. The molecule has 1 aliphatic carbocycles. The Morgan fingerprint density at radius 1 is 1.44 bits per heavy atom. The fourth-order valence-electron chi connectivity index (χ4n) is 2.00. The summed E-state index contributed by atoms with van der Waals surface area (Å²) in [6.07, 6.45) is 3.88. The Labute approximate surface area is 93.4 Å². The maximum Gasteiger partial charge on any atom is 0.168 e. The smallest absolute Gasteiger partial charge is 0.168 e. The van der Waals surface area contributed by atoms with Crippen molar-refractivity contribution in [3.8, 4) is 5.75 Å². The molecule has 1 heterocycles. The summed E-state index contributed by atoms with van der Waals surface area (Å²) in [5.41, 5.74) is 1.79. The van der Waals surface area contributed by atoms with Crippen LogP contribution >= 0.6 is 0 Å². The number of methoxy groups -OCH3 is 1. The molecule has 1 N–H and O–H groups in total. The third-order valence-corrected chi connectivity index (χ3v) is 3.10. The first-order chi connectivity index (χ1) is 7.79. The Morgan fingerprint density at radius 3 is 2.94 bits per heavy atom. The van der Waals surface area contributed by atoms with Gasteiger partial charge in [-0.3, -0.25) is 4.79 Å². The summed E-state index contributed by atoms with van der Waals surface area (Å²) in [6.45, 7) is 0. The van der Waals surface area contributed by atoms with E-state index in [0.29, 0.717) is 0 Å². The number of nitrogens with one attached hydrogen (secondary N) is 1. The van der Waals surface area contributed by atoms with Crippen LogP contribution in [0.1, 0.15) is 23.2 Å². The van der Waals surface area contributed by atoms with Crippen molar-refractivity contribution in [3.05, 3.63) is 30.0 Å². The lowest BCUT2D eigenvalue weighted by Gasteiger charge is -2.00. The predicted octanol–water partition coefficient (Wildman–Crippen LogP) is 2.77. The van der Waals surface area contributed by atoms with Crippen LogP contribution in [-0.2, 0) is 0 Å². The zero-order chi connectivity index (χ0) is 11.1. The van der Waals surface area contributed by atoms with E-state index in [0.717, 1.165) is 35.1 Å². The third kappa shape index (κ3) is 1.40. The number of carbonyl (C=O) groups is 1. The highest BCUT2D eigenvalue weighted by molar-refractivity contribution is 6.09. The number of fused-ring (bicyclic) bond motifs is 1. The summed E-state index contributed by atoms with van der Waals surface area (Å²) in [7, 11) is 1.64. The summed E-state index contributed by atoms with van der Waals surface area (Å²) >= 11 is 0. The Balaban J connectivity index is 2.13. The number of aromatic nitrogens is 1. The van der Waals surface area contributed by atoms with Crippen molar-refractivity contribution in [2.75, 3.05) is 7.11 Å². The fourth-order valence-corrected chi connectivity index (χ4v) is 2.00. The number of H-pyrrole nitrogens is 1. The van der Waals surface area contributed by atoms with E-state index in [2.05, 4.69) is 4.98 Å². The summed E-state index contributed by atoms with van der Waals surface area (Å²) in [5, 5.41) is 0.969. The van der Waals surface area contributed by atoms with Crippen LogP contribution in [0.15, 0.2) is 24.4 Å². The van der Waals surface area contributed by atoms with Gasteiger partial charge in [-0.05, 0) is 31.0 Å². The lowest BCUT2D eigenvalue weighted by atomic mass is 10.1. The van der Waals surface area contributed by atoms with Crippen LogP contribution in [0.2, 0.25) is 0 Å². The highest BCUT2D eigenvalue weighted by atomic mass is 16.5. The van der Waals surface area contributed by atoms with E-state index >= 15 is 0 Å². The van der Waals surface area contributed by atoms with Gasteiger partial charge in [0.2, 0.25) is 0 Å². The number of carbonyl (C=O) groups excluding carboxylic acids is 1. The maximum absolute atomic E-state index is 12.0. The summed E-state index contributed by atoms with van der Waals surface area (Å²) in [4.78, 5) is 15.1. The highest BCUT2D eigenvalue weighted by Gasteiger charge is 2.31. The molecular formula is C13H13NO2. The van der Waals surface area contributed by atoms with Crippen LogP contribution in [0.3, 0.4) is 0 Å². The van der Waals surface area contributed by atoms with Gasteiger partial charge in [0.25, 0.3) is 0 Å². The average molecular weight is 215 g/mol. The van der Waals surface area contributed by atoms with E-state index in [4.69, 9.17) is 4.74 Å². The molecule has 3 heteroatoms. The van der Waals surface area contributed by atoms with Gasteiger partial charge in [-0.25, -0.2) is 0 Å². The summed E-state index contributed by atoms with van der Waals surface area (Å²) in [5.74, 6) is 1.31. The molecule has 0 bridgehead atoms. The number of hydrogen-bond donors (Lipinski definition) is 1. The van der Waals surface area contributed by atoms with Gasteiger partial charge in [0.15, 0.2) is 5.78 Å². The number of Topliss-reactive ketones (excluding diaryl/α,β-unsaturated/α-hetero) is 1. The number of hydrogen-bond acceptors (Lipinski definition) is 2. The van der Waals surface area contributed by atoms with E-state index in [1.807, 2.05) is 24.4 Å². The van der Waals surface area contributed by atoms with E-state index in [1.54, 1.807) is 7.11 Å². The Kier molecular flexibility index (Phi) is 1.99. The van der Waals surface area contributed by atoms with Crippen molar-refractivity contribution >= 4 is 16.7 Å². The molecule has 0 atom stereocenters. The van der Waals surface area contributed by atoms with Crippen LogP contribution in [0.25, 0.3) is 10.9 Å². The number of rotatable bonds is 3. The Bertz CT molecular complexity index is 552. The van der Waals surface area contributed by atoms with Crippen LogP contribution in [0, 0.1) is 5.92 Å². The molecule has 1 fully saturated rings. The maximum atomic E-state index is 12.0. The summed E-state index contributed by atoms with van der Waals surface area (Å²) < 4.78 is 5.18. The van der Waals surface area contributed by atoms with Crippen LogP contribution in [-0.4, -0.2) is 17.9 Å². The van der Waals surface area contributed by atoms with E-state index in [9.17, 15) is 4.79 Å². The van der Waals surface area contributed by atoms with Gasteiger partial charge in [-0.2, -0.15) is 0 Å². The zero-order valence-electron chi connectivity index (χ0n) is 9.12. The molecule has 0 unspecified atom stereocenters. The van der Waals surface area contributed by atoms with Gasteiger partial charge >= 0.3 is 0 Å². The molecule has 1 saturated carbocycles. The fraction of sp³-hybridized carbons (Fsp3) is 0.308. The van der Waals surface area contributed by atoms with Crippen molar-refractivity contribution in [3.63, 3.8) is 0 Å². The van der Waals surface area contributed by atoms with Crippen LogP contribution < -0.4 is 4.74 Å². The molecule has 1 aromatic carbocycles. The monoisotopic (exact) mass is 215 g/mol. The quantitative estimate of drug-likeness (QED) is 0.800. The second-order valence-corrected chi connectivity index (χ2v) is 4.25. The molecule has 3 nitrogen and oxygen atoms in total. The van der Waals surface area contributed by atoms with Crippen molar-refractivity contribution < 1.29 is 9.53 Å². The predicted molar refractivity (Wildman–Crippen MR) is 61.9 cm³/mol. The lowest BCUT2D eigenvalue weighted by molar-refractivity contribution is 0.0969. The van der Waals surface area contributed by atoms with Crippen molar-refractivity contribution in [2.24, 2.45) is 5.92 Å². The first-order valence-corrected chi connectivity index (χ1v) is 5.49. The van der Waals surface area contributed by atoms with Gasteiger partial charge in [0, 0.05) is 28.6 Å². The second-order valence-electron chi connectivity index (χ2n) is 4.25. The Hall–Kier alpha value is -1.77. The van der Waals surface area contributed by atoms with Gasteiger partial charge in [-0.1, -0.05) is 0 Å². The first-order valence-electron chi connectivity index (χ1n) is 5.49. The Morgan fingerprint density at radius 2 is 2.25 bits per heavy atom. The number of benzene rings is 1. The normalized spacial score (nSPS) is 15.3. The number of ketones is 1. The molecule has 16 heavy (non-hydrogen) atoms. The average Bonchev–Trinajstić information content (AvgIpc) is 3.08.